The van der Waals surface area contributed by atoms with Crippen LogP contribution in [0.25, 0.3) is 0 Å². The van der Waals surface area contributed by atoms with E-state index < -0.39 is 6.10 Å². The molecule has 1 amide bonds. The van der Waals surface area contributed by atoms with Crippen LogP contribution >= 0.6 is 0 Å². The van der Waals surface area contributed by atoms with Gasteiger partial charge in [-0.15, -0.1) is 6.42 Å². The van der Waals surface area contributed by atoms with Crippen LogP contribution in [0.15, 0.2) is 24.3 Å². The number of benzene rings is 1. The van der Waals surface area contributed by atoms with Gasteiger partial charge in [0.2, 0.25) is 0 Å². The third-order valence-corrected chi connectivity index (χ3v) is 3.67. The van der Waals surface area contributed by atoms with Crippen molar-refractivity contribution in [2.24, 2.45) is 0 Å². The maximum absolute atomic E-state index is 11.9. The van der Waals surface area contributed by atoms with Crippen molar-refractivity contribution in [2.45, 2.75) is 24.8 Å². The third kappa shape index (κ3) is 2.08. The molecular weight excluding hydrogens is 258 g/mol. The van der Waals surface area contributed by atoms with Crippen molar-refractivity contribution in [1.29, 1.82) is 0 Å². The number of amides is 1. The van der Waals surface area contributed by atoms with E-state index in [1.54, 1.807) is 12.0 Å². The van der Waals surface area contributed by atoms with Gasteiger partial charge in [-0.1, -0.05) is 18.1 Å². The van der Waals surface area contributed by atoms with E-state index in [1.807, 2.05) is 24.3 Å². The minimum atomic E-state index is -0.440. The van der Waals surface area contributed by atoms with Crippen LogP contribution in [-0.4, -0.2) is 43.0 Å². The molecule has 2 fully saturated rings. The summed E-state index contributed by atoms with van der Waals surface area (Å²) in [5.74, 6) is 3.30. The summed E-state index contributed by atoms with van der Waals surface area (Å²) in [6.45, 7) is 0.895. The topological polar surface area (TPSA) is 48.0 Å². The molecule has 5 heteroatoms. The largest absolute Gasteiger partial charge is 0.497 e. The summed E-state index contributed by atoms with van der Waals surface area (Å²) in [5.41, 5.74) is 1.01. The van der Waals surface area contributed by atoms with Crippen LogP contribution in [-0.2, 0) is 16.0 Å². The molecule has 3 rings (SSSR count). The zero-order valence-electron chi connectivity index (χ0n) is 11.1. The zero-order chi connectivity index (χ0) is 14.1. The fourth-order valence-electron chi connectivity index (χ4n) is 2.57. The van der Waals surface area contributed by atoms with Gasteiger partial charge in [-0.2, -0.15) is 0 Å². The van der Waals surface area contributed by atoms with E-state index in [-0.39, 0.29) is 18.2 Å². The zero-order valence-corrected chi connectivity index (χ0v) is 11.1. The second-order valence-corrected chi connectivity index (χ2v) is 4.81. The first-order valence-electron chi connectivity index (χ1n) is 6.41. The molecule has 5 nitrogen and oxygen atoms in total. The van der Waals surface area contributed by atoms with Crippen LogP contribution in [0, 0.1) is 12.3 Å². The van der Waals surface area contributed by atoms with Gasteiger partial charge in [0.25, 0.3) is 0 Å². The summed E-state index contributed by atoms with van der Waals surface area (Å²) >= 11 is 0. The number of methoxy groups -OCH3 is 1. The van der Waals surface area contributed by atoms with Gasteiger partial charge in [-0.3, -0.25) is 4.90 Å². The molecule has 1 aromatic carbocycles. The minimum Gasteiger partial charge on any atom is -0.497 e. The Bertz CT molecular complexity index is 548. The number of carbonyl (C=O) groups is 1. The summed E-state index contributed by atoms with van der Waals surface area (Å²) in [6.07, 6.45) is 4.24. The number of carbonyl (C=O) groups excluding carboxylic acids is 1. The summed E-state index contributed by atoms with van der Waals surface area (Å²) < 4.78 is 15.9. The number of terminal acetylenes is 1. The van der Waals surface area contributed by atoms with Crippen LogP contribution in [0.1, 0.15) is 5.56 Å². The van der Waals surface area contributed by atoms with Crippen LogP contribution in [0.5, 0.6) is 5.75 Å². The van der Waals surface area contributed by atoms with E-state index in [4.69, 9.17) is 20.6 Å². The molecule has 2 aliphatic rings. The van der Waals surface area contributed by atoms with Crippen LogP contribution in [0.3, 0.4) is 0 Å². The van der Waals surface area contributed by atoms with Gasteiger partial charge in [-0.25, -0.2) is 4.79 Å². The summed E-state index contributed by atoms with van der Waals surface area (Å²) in [6, 6.07) is 7.47. The third-order valence-electron chi connectivity index (χ3n) is 3.67. The van der Waals surface area contributed by atoms with Gasteiger partial charge in [-0.05, 0) is 17.7 Å². The molecule has 0 bridgehead atoms. The first-order chi connectivity index (χ1) is 9.72. The standard InChI is InChI=1S/C15H15NO4/c1-3-13-14-12(9-19-13)16(15(17)20-14)8-10-4-6-11(18-2)7-5-10/h1,4-7,12-14H,8-9H2,2H3/t12-,13-,14-/m0/s1. The van der Waals surface area contributed by atoms with Crippen molar-refractivity contribution in [3.8, 4) is 18.1 Å². The molecule has 20 heavy (non-hydrogen) atoms. The predicted molar refractivity (Wildman–Crippen MR) is 71.2 cm³/mol. The van der Waals surface area contributed by atoms with E-state index >= 15 is 0 Å². The van der Waals surface area contributed by atoms with Gasteiger partial charge in [0, 0.05) is 6.54 Å². The lowest BCUT2D eigenvalue weighted by atomic mass is 10.1. The molecule has 0 aliphatic carbocycles. The Balaban J connectivity index is 1.74. The number of nitrogens with zero attached hydrogens (tertiary/aromatic N) is 1. The number of hydrogen-bond acceptors (Lipinski definition) is 4. The Labute approximate surface area is 117 Å². The average molecular weight is 273 g/mol. The van der Waals surface area contributed by atoms with E-state index in [1.165, 1.54) is 0 Å². The molecule has 0 N–H and O–H groups in total. The second-order valence-electron chi connectivity index (χ2n) is 4.81. The van der Waals surface area contributed by atoms with Crippen molar-refractivity contribution in [2.75, 3.05) is 13.7 Å². The molecule has 0 spiro atoms. The molecule has 2 saturated heterocycles. The normalized spacial score (nSPS) is 27.9. The Hall–Kier alpha value is -2.19. The van der Waals surface area contributed by atoms with Crippen molar-refractivity contribution in [3.63, 3.8) is 0 Å². The molecule has 0 radical (unpaired) electrons. The Morgan fingerprint density at radius 3 is 2.85 bits per heavy atom. The van der Waals surface area contributed by atoms with Crippen molar-refractivity contribution in [3.05, 3.63) is 29.8 Å². The quantitative estimate of drug-likeness (QED) is 0.781. The van der Waals surface area contributed by atoms with Crippen molar-refractivity contribution >= 4 is 6.09 Å². The fourth-order valence-corrected chi connectivity index (χ4v) is 2.57. The molecule has 0 saturated carbocycles. The van der Waals surface area contributed by atoms with Gasteiger partial charge < -0.3 is 14.2 Å². The van der Waals surface area contributed by atoms with E-state index in [2.05, 4.69) is 5.92 Å². The molecule has 2 heterocycles. The molecule has 3 atom stereocenters. The number of ether oxygens (including phenoxy) is 3. The Kier molecular flexibility index (Phi) is 3.25. The molecular formula is C15H15NO4. The highest BCUT2D eigenvalue weighted by atomic mass is 16.6. The van der Waals surface area contributed by atoms with Crippen molar-refractivity contribution < 1.29 is 19.0 Å². The first kappa shape index (κ1) is 12.8. The molecule has 1 aromatic rings. The highest BCUT2D eigenvalue weighted by molar-refractivity contribution is 5.71. The van der Waals surface area contributed by atoms with E-state index in [9.17, 15) is 4.79 Å². The van der Waals surface area contributed by atoms with Gasteiger partial charge in [0.05, 0.1) is 19.8 Å². The van der Waals surface area contributed by atoms with E-state index in [0.717, 1.165) is 11.3 Å². The number of hydrogen-bond donors (Lipinski definition) is 0. The SMILES string of the molecule is C#C[C@@H]1OC[C@H]2[C@@H]1OC(=O)N2Cc1ccc(OC)cc1. The van der Waals surface area contributed by atoms with Crippen molar-refractivity contribution in [1.82, 2.24) is 4.90 Å². The highest BCUT2D eigenvalue weighted by Gasteiger charge is 2.50. The summed E-state index contributed by atoms with van der Waals surface area (Å²) in [5, 5.41) is 0. The maximum Gasteiger partial charge on any atom is 0.411 e. The Morgan fingerprint density at radius 1 is 1.45 bits per heavy atom. The number of rotatable bonds is 3. The maximum atomic E-state index is 11.9. The monoisotopic (exact) mass is 273 g/mol. The lowest BCUT2D eigenvalue weighted by Gasteiger charge is -2.19. The van der Waals surface area contributed by atoms with Gasteiger partial charge >= 0.3 is 6.09 Å². The van der Waals surface area contributed by atoms with Gasteiger partial charge in [0.1, 0.15) is 5.75 Å². The van der Waals surface area contributed by atoms with Crippen LogP contribution in [0.2, 0.25) is 0 Å². The lowest BCUT2D eigenvalue weighted by molar-refractivity contribution is 0.0583. The number of fused-ring (bicyclic) bond motifs is 1. The van der Waals surface area contributed by atoms with Crippen LogP contribution in [0.4, 0.5) is 4.79 Å². The molecule has 104 valence electrons. The molecule has 2 aliphatic heterocycles. The minimum absolute atomic E-state index is 0.106. The van der Waals surface area contributed by atoms with Gasteiger partial charge in [0.15, 0.2) is 12.2 Å². The fraction of sp³-hybridized carbons (Fsp3) is 0.400. The predicted octanol–water partition coefficient (Wildman–Crippen LogP) is 1.42. The van der Waals surface area contributed by atoms with E-state index in [0.29, 0.717) is 13.2 Å². The second kappa shape index (κ2) is 5.06. The molecule has 0 unspecified atom stereocenters. The van der Waals surface area contributed by atoms with Crippen LogP contribution < -0.4 is 4.74 Å². The summed E-state index contributed by atoms with van der Waals surface area (Å²) in [4.78, 5) is 13.6. The highest BCUT2D eigenvalue weighted by Crippen LogP contribution is 2.30. The smallest absolute Gasteiger partial charge is 0.411 e. The molecule has 0 aromatic heterocycles. The first-order valence-corrected chi connectivity index (χ1v) is 6.41. The lowest BCUT2D eigenvalue weighted by Crippen LogP contribution is -2.36. The Morgan fingerprint density at radius 2 is 2.20 bits per heavy atom. The average Bonchev–Trinajstić information content (AvgIpc) is 3.00. The summed E-state index contributed by atoms with van der Waals surface area (Å²) in [7, 11) is 1.62.